The van der Waals surface area contributed by atoms with Gasteiger partial charge in [-0.15, -0.1) is 0 Å². The van der Waals surface area contributed by atoms with Gasteiger partial charge in [-0.05, 0) is 44.4 Å². The molecule has 0 spiro atoms. The number of carbonyl (C=O) groups excluding carboxylic acids is 1. The molecule has 1 N–H and O–H groups in total. The second-order valence-corrected chi connectivity index (χ2v) is 6.13. The fraction of sp³-hybridized carbons (Fsp3) is 0.933. The highest BCUT2D eigenvalue weighted by Crippen LogP contribution is 2.22. The lowest BCUT2D eigenvalue weighted by molar-refractivity contribution is -0.131. The first-order valence-corrected chi connectivity index (χ1v) is 7.77. The van der Waals surface area contributed by atoms with Crippen LogP contribution in [-0.4, -0.2) is 36.5 Å². The van der Waals surface area contributed by atoms with Crippen molar-refractivity contribution in [3.05, 3.63) is 0 Å². The summed E-state index contributed by atoms with van der Waals surface area (Å²) in [5, 5.41) is 3.49. The largest absolute Gasteiger partial charge is 0.342 e. The van der Waals surface area contributed by atoms with Crippen LogP contribution < -0.4 is 5.32 Å². The summed E-state index contributed by atoms with van der Waals surface area (Å²) in [7, 11) is 0. The predicted octanol–water partition coefficient (Wildman–Crippen LogP) is 2.56. The summed E-state index contributed by atoms with van der Waals surface area (Å²) in [5.41, 5.74) is 0. The van der Waals surface area contributed by atoms with Gasteiger partial charge in [0, 0.05) is 19.1 Å². The van der Waals surface area contributed by atoms with Gasteiger partial charge in [-0.25, -0.2) is 0 Å². The Hall–Kier alpha value is -0.570. The molecule has 2 rings (SSSR count). The smallest absolute Gasteiger partial charge is 0.236 e. The van der Waals surface area contributed by atoms with Gasteiger partial charge in [-0.1, -0.05) is 19.8 Å². The molecule has 3 nitrogen and oxygen atoms in total. The van der Waals surface area contributed by atoms with E-state index in [-0.39, 0.29) is 0 Å². The van der Waals surface area contributed by atoms with Crippen molar-refractivity contribution in [1.82, 2.24) is 10.2 Å². The summed E-state index contributed by atoms with van der Waals surface area (Å²) in [6, 6.07) is 0.573. The molecule has 1 aliphatic heterocycles. The molecule has 2 aliphatic rings. The van der Waals surface area contributed by atoms with Crippen molar-refractivity contribution in [2.75, 3.05) is 19.6 Å². The molecule has 2 unspecified atom stereocenters. The minimum atomic E-state index is 0.312. The van der Waals surface area contributed by atoms with Gasteiger partial charge in [0.1, 0.15) is 0 Å². The van der Waals surface area contributed by atoms with Crippen molar-refractivity contribution in [3.63, 3.8) is 0 Å². The number of carbonyl (C=O) groups is 1. The molecule has 1 heterocycles. The molecule has 0 aromatic heterocycles. The van der Waals surface area contributed by atoms with Gasteiger partial charge in [-0.2, -0.15) is 0 Å². The quantitative estimate of drug-likeness (QED) is 0.783. The van der Waals surface area contributed by atoms with Crippen LogP contribution in [0.15, 0.2) is 0 Å². The van der Waals surface area contributed by atoms with E-state index in [1.807, 2.05) is 4.90 Å². The van der Waals surface area contributed by atoms with Gasteiger partial charge in [0.05, 0.1) is 6.54 Å². The Labute approximate surface area is 111 Å². The van der Waals surface area contributed by atoms with Crippen LogP contribution in [0, 0.1) is 5.92 Å². The number of nitrogens with one attached hydrogen (secondary N) is 1. The Balaban J connectivity index is 1.68. The van der Waals surface area contributed by atoms with Crippen LogP contribution in [0.2, 0.25) is 0 Å². The van der Waals surface area contributed by atoms with Crippen LogP contribution in [0.1, 0.15) is 58.3 Å². The molecule has 104 valence electrons. The molecule has 3 heteroatoms. The zero-order chi connectivity index (χ0) is 12.8. The van der Waals surface area contributed by atoms with E-state index in [9.17, 15) is 4.79 Å². The number of hydrogen-bond donors (Lipinski definition) is 1. The Kier molecular flexibility index (Phi) is 5.48. The van der Waals surface area contributed by atoms with E-state index in [0.29, 0.717) is 18.5 Å². The average molecular weight is 252 g/mol. The molecular formula is C15H28N2O. The maximum atomic E-state index is 12.1. The number of piperidine rings is 1. The first-order valence-electron chi connectivity index (χ1n) is 7.77. The highest BCUT2D eigenvalue weighted by atomic mass is 16.2. The van der Waals surface area contributed by atoms with E-state index in [1.54, 1.807) is 0 Å². The third-order valence-corrected chi connectivity index (χ3v) is 4.51. The van der Waals surface area contributed by atoms with E-state index in [4.69, 9.17) is 0 Å². The zero-order valence-corrected chi connectivity index (χ0v) is 11.8. The first-order chi connectivity index (χ1) is 8.75. The Bertz CT molecular complexity index is 261. The van der Waals surface area contributed by atoms with Crippen molar-refractivity contribution >= 4 is 5.91 Å². The molecule has 0 aromatic rings. The van der Waals surface area contributed by atoms with Crippen LogP contribution >= 0.6 is 0 Å². The Morgan fingerprint density at radius 3 is 2.61 bits per heavy atom. The maximum Gasteiger partial charge on any atom is 0.236 e. The van der Waals surface area contributed by atoms with Crippen LogP contribution in [0.3, 0.4) is 0 Å². The number of amides is 1. The topological polar surface area (TPSA) is 32.3 Å². The van der Waals surface area contributed by atoms with Crippen LogP contribution in [0.5, 0.6) is 0 Å². The molecule has 1 amide bonds. The molecule has 0 radical (unpaired) electrons. The van der Waals surface area contributed by atoms with Gasteiger partial charge in [0.15, 0.2) is 0 Å². The minimum Gasteiger partial charge on any atom is -0.342 e. The van der Waals surface area contributed by atoms with Crippen molar-refractivity contribution in [3.8, 4) is 0 Å². The highest BCUT2D eigenvalue weighted by Gasteiger charge is 2.19. The summed E-state index contributed by atoms with van der Waals surface area (Å²) >= 11 is 0. The fourth-order valence-electron chi connectivity index (χ4n) is 3.18. The lowest BCUT2D eigenvalue weighted by Crippen LogP contribution is -2.43. The minimum absolute atomic E-state index is 0.312. The summed E-state index contributed by atoms with van der Waals surface area (Å²) in [5.74, 6) is 1.18. The monoisotopic (exact) mass is 252 g/mol. The van der Waals surface area contributed by atoms with Gasteiger partial charge >= 0.3 is 0 Å². The van der Waals surface area contributed by atoms with E-state index >= 15 is 0 Å². The van der Waals surface area contributed by atoms with Crippen molar-refractivity contribution in [2.45, 2.75) is 64.3 Å². The normalized spacial score (nSPS) is 29.9. The van der Waals surface area contributed by atoms with E-state index < -0.39 is 0 Å². The van der Waals surface area contributed by atoms with Gasteiger partial charge < -0.3 is 10.2 Å². The fourth-order valence-corrected chi connectivity index (χ4v) is 3.18. The summed E-state index contributed by atoms with van der Waals surface area (Å²) in [6.45, 7) is 4.85. The molecule has 2 fully saturated rings. The zero-order valence-electron chi connectivity index (χ0n) is 11.8. The van der Waals surface area contributed by atoms with Crippen LogP contribution in [-0.2, 0) is 4.79 Å². The number of hydrogen-bond acceptors (Lipinski definition) is 2. The molecule has 0 bridgehead atoms. The Morgan fingerprint density at radius 1 is 1.06 bits per heavy atom. The first kappa shape index (κ1) is 13.9. The second-order valence-electron chi connectivity index (χ2n) is 6.13. The van der Waals surface area contributed by atoms with Gasteiger partial charge in [-0.3, -0.25) is 4.79 Å². The third kappa shape index (κ3) is 4.27. The second kappa shape index (κ2) is 7.13. The standard InChI is InChI=1S/C15H28N2O/c1-13-6-5-7-14(9-8-13)16-12-15(18)17-10-3-2-4-11-17/h13-14,16H,2-12H2,1H3. The van der Waals surface area contributed by atoms with Crippen molar-refractivity contribution < 1.29 is 4.79 Å². The summed E-state index contributed by atoms with van der Waals surface area (Å²) in [4.78, 5) is 14.1. The summed E-state index contributed by atoms with van der Waals surface area (Å²) in [6.07, 6.45) is 10.1. The predicted molar refractivity (Wildman–Crippen MR) is 74.5 cm³/mol. The van der Waals surface area contributed by atoms with Crippen molar-refractivity contribution in [1.29, 1.82) is 0 Å². The number of nitrogens with zero attached hydrogens (tertiary/aromatic N) is 1. The van der Waals surface area contributed by atoms with E-state index in [2.05, 4.69) is 12.2 Å². The van der Waals surface area contributed by atoms with Gasteiger partial charge in [0.25, 0.3) is 0 Å². The summed E-state index contributed by atoms with van der Waals surface area (Å²) < 4.78 is 0. The molecule has 1 saturated carbocycles. The van der Waals surface area contributed by atoms with Crippen molar-refractivity contribution in [2.24, 2.45) is 5.92 Å². The molecule has 1 aliphatic carbocycles. The molecule has 2 atom stereocenters. The van der Waals surface area contributed by atoms with E-state index in [0.717, 1.165) is 19.0 Å². The van der Waals surface area contributed by atoms with Crippen LogP contribution in [0.4, 0.5) is 0 Å². The van der Waals surface area contributed by atoms with Gasteiger partial charge in [0.2, 0.25) is 5.91 Å². The SMILES string of the molecule is CC1CCCC(NCC(=O)N2CCCCC2)CC1. The molecule has 0 aromatic carbocycles. The highest BCUT2D eigenvalue weighted by molar-refractivity contribution is 5.78. The Morgan fingerprint density at radius 2 is 1.83 bits per heavy atom. The molecular weight excluding hydrogens is 224 g/mol. The van der Waals surface area contributed by atoms with Crippen LogP contribution in [0.25, 0.3) is 0 Å². The maximum absolute atomic E-state index is 12.1. The average Bonchev–Trinajstić information content (AvgIpc) is 2.62. The number of rotatable bonds is 3. The molecule has 18 heavy (non-hydrogen) atoms. The number of likely N-dealkylation sites (tertiary alicyclic amines) is 1. The molecule has 1 saturated heterocycles. The lowest BCUT2D eigenvalue weighted by atomic mass is 10.0. The van der Waals surface area contributed by atoms with E-state index in [1.165, 1.54) is 51.4 Å². The third-order valence-electron chi connectivity index (χ3n) is 4.51. The lowest BCUT2D eigenvalue weighted by Gasteiger charge is -2.27.